The predicted octanol–water partition coefficient (Wildman–Crippen LogP) is 1.80. The molecular weight excluding hydrogens is 202 g/mol. The average molecular weight is 229 g/mol. The van der Waals surface area contributed by atoms with Crippen LogP contribution in [-0.4, -0.2) is 37.0 Å². The van der Waals surface area contributed by atoms with Gasteiger partial charge in [-0.1, -0.05) is 20.8 Å². The molecule has 16 heavy (non-hydrogen) atoms. The van der Waals surface area contributed by atoms with E-state index in [0.29, 0.717) is 24.4 Å². The van der Waals surface area contributed by atoms with Gasteiger partial charge in [0.2, 0.25) is 0 Å². The molecule has 3 heteroatoms. The van der Waals surface area contributed by atoms with Crippen molar-refractivity contribution in [1.82, 2.24) is 5.32 Å². The lowest BCUT2D eigenvalue weighted by Crippen LogP contribution is -2.40. The summed E-state index contributed by atoms with van der Waals surface area (Å²) in [5.41, 5.74) is 0. The fraction of sp³-hybridized carbons (Fsp3) is 1.00. The zero-order valence-corrected chi connectivity index (χ0v) is 10.9. The molecule has 0 radical (unpaired) electrons. The van der Waals surface area contributed by atoms with E-state index in [-0.39, 0.29) is 6.10 Å². The van der Waals surface area contributed by atoms with Crippen molar-refractivity contribution in [3.05, 3.63) is 0 Å². The smallest absolute Gasteiger partial charge is 0.0667 e. The minimum absolute atomic E-state index is 0.212. The van der Waals surface area contributed by atoms with Gasteiger partial charge in [-0.05, 0) is 31.1 Å². The van der Waals surface area contributed by atoms with Crippen LogP contribution in [0.15, 0.2) is 0 Å². The van der Waals surface area contributed by atoms with Gasteiger partial charge in [-0.2, -0.15) is 0 Å². The van der Waals surface area contributed by atoms with Gasteiger partial charge in [-0.25, -0.2) is 0 Å². The molecule has 1 rings (SSSR count). The third-order valence-corrected chi connectivity index (χ3v) is 3.33. The predicted molar refractivity (Wildman–Crippen MR) is 66.5 cm³/mol. The molecule has 0 aromatic rings. The van der Waals surface area contributed by atoms with Gasteiger partial charge in [0, 0.05) is 19.2 Å². The van der Waals surface area contributed by atoms with Crippen molar-refractivity contribution in [2.75, 3.05) is 19.8 Å². The fourth-order valence-corrected chi connectivity index (χ4v) is 2.43. The number of hydrogen-bond acceptors (Lipinski definition) is 3. The van der Waals surface area contributed by atoms with Crippen LogP contribution < -0.4 is 5.32 Å². The maximum absolute atomic E-state index is 9.81. The van der Waals surface area contributed by atoms with Gasteiger partial charge in [-0.3, -0.25) is 0 Å². The molecule has 96 valence electrons. The highest BCUT2D eigenvalue weighted by Crippen LogP contribution is 2.18. The van der Waals surface area contributed by atoms with Crippen molar-refractivity contribution in [1.29, 1.82) is 0 Å². The summed E-state index contributed by atoms with van der Waals surface area (Å²) in [4.78, 5) is 0. The van der Waals surface area contributed by atoms with Gasteiger partial charge in [0.1, 0.15) is 0 Å². The van der Waals surface area contributed by atoms with Crippen LogP contribution in [-0.2, 0) is 4.74 Å². The average Bonchev–Trinajstić information content (AvgIpc) is 2.71. The van der Waals surface area contributed by atoms with Crippen LogP contribution in [0.4, 0.5) is 0 Å². The zero-order valence-electron chi connectivity index (χ0n) is 10.9. The van der Waals surface area contributed by atoms with Gasteiger partial charge < -0.3 is 15.2 Å². The first-order valence-corrected chi connectivity index (χ1v) is 6.62. The van der Waals surface area contributed by atoms with E-state index in [1.807, 2.05) is 0 Å². The normalized spacial score (nSPS) is 24.9. The standard InChI is InChI=1S/C13H27NO2/c1-4-13(11-5-6-16-9-11)14-8-12(15)7-10(2)3/h10-15H,4-9H2,1-3H3. The van der Waals surface area contributed by atoms with Gasteiger partial charge in [0.05, 0.1) is 12.7 Å². The van der Waals surface area contributed by atoms with Crippen LogP contribution in [0, 0.1) is 11.8 Å². The molecule has 0 aliphatic carbocycles. The Kier molecular flexibility index (Phi) is 6.32. The SMILES string of the molecule is CCC(NCC(O)CC(C)C)C1CCOC1. The maximum Gasteiger partial charge on any atom is 0.0667 e. The summed E-state index contributed by atoms with van der Waals surface area (Å²) in [6.45, 7) is 8.98. The summed E-state index contributed by atoms with van der Waals surface area (Å²) >= 11 is 0. The van der Waals surface area contributed by atoms with Crippen LogP contribution in [0.5, 0.6) is 0 Å². The fourth-order valence-electron chi connectivity index (χ4n) is 2.43. The summed E-state index contributed by atoms with van der Waals surface area (Å²) in [7, 11) is 0. The van der Waals surface area contributed by atoms with Crippen molar-refractivity contribution in [3.63, 3.8) is 0 Å². The Morgan fingerprint density at radius 3 is 2.69 bits per heavy atom. The molecule has 0 bridgehead atoms. The first-order valence-electron chi connectivity index (χ1n) is 6.62. The second-order valence-electron chi connectivity index (χ2n) is 5.33. The van der Waals surface area contributed by atoms with E-state index in [9.17, 15) is 5.11 Å². The lowest BCUT2D eigenvalue weighted by Gasteiger charge is -2.24. The third kappa shape index (κ3) is 4.81. The summed E-state index contributed by atoms with van der Waals surface area (Å²) in [6.07, 6.45) is 2.94. The molecule has 0 amide bonds. The largest absolute Gasteiger partial charge is 0.392 e. The minimum Gasteiger partial charge on any atom is -0.392 e. The summed E-state index contributed by atoms with van der Waals surface area (Å²) < 4.78 is 5.41. The first-order chi connectivity index (χ1) is 7.63. The topological polar surface area (TPSA) is 41.5 Å². The summed E-state index contributed by atoms with van der Waals surface area (Å²) in [5.74, 6) is 1.20. The van der Waals surface area contributed by atoms with E-state index in [0.717, 1.165) is 32.5 Å². The molecule has 1 heterocycles. The Labute approximate surface area is 99.6 Å². The monoisotopic (exact) mass is 229 g/mol. The molecule has 1 aliphatic rings. The molecule has 0 saturated carbocycles. The third-order valence-electron chi connectivity index (χ3n) is 3.33. The molecule has 0 aromatic carbocycles. The lowest BCUT2D eigenvalue weighted by atomic mass is 9.96. The van der Waals surface area contributed by atoms with E-state index >= 15 is 0 Å². The van der Waals surface area contributed by atoms with Gasteiger partial charge in [-0.15, -0.1) is 0 Å². The molecule has 3 nitrogen and oxygen atoms in total. The molecule has 2 N–H and O–H groups in total. The second kappa shape index (κ2) is 7.25. The number of nitrogens with one attached hydrogen (secondary N) is 1. The molecule has 1 aliphatic heterocycles. The van der Waals surface area contributed by atoms with Crippen LogP contribution in [0.3, 0.4) is 0 Å². The Hall–Kier alpha value is -0.120. The van der Waals surface area contributed by atoms with Gasteiger partial charge >= 0.3 is 0 Å². The maximum atomic E-state index is 9.81. The lowest BCUT2D eigenvalue weighted by molar-refractivity contribution is 0.133. The molecule has 1 saturated heterocycles. The highest BCUT2D eigenvalue weighted by atomic mass is 16.5. The number of rotatable bonds is 7. The number of ether oxygens (including phenoxy) is 1. The quantitative estimate of drug-likeness (QED) is 0.699. The number of aliphatic hydroxyl groups is 1. The number of aliphatic hydroxyl groups excluding tert-OH is 1. The van der Waals surface area contributed by atoms with E-state index in [2.05, 4.69) is 26.1 Å². The van der Waals surface area contributed by atoms with Gasteiger partial charge in [0.25, 0.3) is 0 Å². The second-order valence-corrected chi connectivity index (χ2v) is 5.33. The van der Waals surface area contributed by atoms with Crippen LogP contribution in [0.1, 0.15) is 40.0 Å². The van der Waals surface area contributed by atoms with Crippen molar-refractivity contribution < 1.29 is 9.84 Å². The molecule has 3 unspecified atom stereocenters. The molecule has 0 spiro atoms. The van der Waals surface area contributed by atoms with E-state index < -0.39 is 0 Å². The van der Waals surface area contributed by atoms with Crippen LogP contribution in [0.25, 0.3) is 0 Å². The van der Waals surface area contributed by atoms with Crippen molar-refractivity contribution in [2.45, 2.75) is 52.2 Å². The highest BCUT2D eigenvalue weighted by Gasteiger charge is 2.24. The summed E-state index contributed by atoms with van der Waals surface area (Å²) in [5, 5.41) is 13.3. The van der Waals surface area contributed by atoms with Gasteiger partial charge in [0.15, 0.2) is 0 Å². The van der Waals surface area contributed by atoms with Crippen molar-refractivity contribution >= 4 is 0 Å². The highest BCUT2D eigenvalue weighted by molar-refractivity contribution is 4.79. The van der Waals surface area contributed by atoms with E-state index in [1.165, 1.54) is 0 Å². The summed E-state index contributed by atoms with van der Waals surface area (Å²) in [6, 6.07) is 0.504. The van der Waals surface area contributed by atoms with Crippen molar-refractivity contribution in [2.24, 2.45) is 11.8 Å². The zero-order chi connectivity index (χ0) is 12.0. The molecular formula is C13H27NO2. The Morgan fingerprint density at radius 2 is 2.19 bits per heavy atom. The van der Waals surface area contributed by atoms with E-state index in [1.54, 1.807) is 0 Å². The Bertz CT molecular complexity index is 179. The van der Waals surface area contributed by atoms with Crippen LogP contribution in [0.2, 0.25) is 0 Å². The van der Waals surface area contributed by atoms with Crippen molar-refractivity contribution in [3.8, 4) is 0 Å². The Balaban J connectivity index is 2.22. The molecule has 0 aromatic heterocycles. The first kappa shape index (κ1) is 13.9. The number of hydrogen-bond donors (Lipinski definition) is 2. The molecule has 3 atom stereocenters. The van der Waals surface area contributed by atoms with E-state index in [4.69, 9.17) is 4.74 Å². The Morgan fingerprint density at radius 1 is 1.44 bits per heavy atom. The van der Waals surface area contributed by atoms with Crippen LogP contribution >= 0.6 is 0 Å². The molecule has 1 fully saturated rings. The minimum atomic E-state index is -0.212.